The molecule has 1 aliphatic rings. The van der Waals surface area contributed by atoms with Crippen molar-refractivity contribution < 1.29 is 4.74 Å². The molecule has 164 valence electrons. The summed E-state index contributed by atoms with van der Waals surface area (Å²) in [6, 6.07) is 15.2. The fraction of sp³-hybridized carbons (Fsp3) is 0.167. The van der Waals surface area contributed by atoms with Crippen molar-refractivity contribution in [1.82, 2.24) is 10.3 Å². The zero-order valence-electron chi connectivity index (χ0n) is 18.2. The summed E-state index contributed by atoms with van der Waals surface area (Å²) in [6.07, 6.45) is 1.86. The molecule has 0 radical (unpaired) electrons. The van der Waals surface area contributed by atoms with Crippen molar-refractivity contribution in [1.29, 1.82) is 10.5 Å². The average molecular weight is 438 g/mol. The van der Waals surface area contributed by atoms with E-state index in [-0.39, 0.29) is 23.0 Å². The number of ether oxygens (including phenoxy) is 1. The lowest BCUT2D eigenvalue weighted by Crippen LogP contribution is -2.33. The molecular weight excluding hydrogens is 416 g/mol. The number of nitrogens with one attached hydrogen (secondary N) is 2. The van der Waals surface area contributed by atoms with E-state index in [0.29, 0.717) is 18.0 Å². The second kappa shape index (κ2) is 8.77. The van der Waals surface area contributed by atoms with Crippen LogP contribution >= 0.6 is 0 Å². The average Bonchev–Trinajstić information content (AvgIpc) is 2.78. The number of aryl methyl sites for hydroxylation is 2. The van der Waals surface area contributed by atoms with Crippen molar-refractivity contribution >= 4 is 23.3 Å². The molecule has 0 bridgehead atoms. The number of hydrogen-bond acceptors (Lipinski definition) is 9. The molecule has 0 saturated carbocycles. The SMILES string of the molecule is Cc1cc(OCc2ccccc2)cc(C)c1C1N=C(NC#N)Nc2nc(N)c(C#N)c(N)c21. The summed E-state index contributed by atoms with van der Waals surface area (Å²) in [4.78, 5) is 8.96. The zero-order chi connectivity index (χ0) is 23.5. The maximum atomic E-state index is 9.51. The number of aromatic nitrogens is 1. The number of hydrogen-bond donors (Lipinski definition) is 4. The molecule has 0 aliphatic carbocycles. The molecule has 1 atom stereocenters. The number of fused-ring (bicyclic) bond motifs is 1. The Labute approximate surface area is 191 Å². The van der Waals surface area contributed by atoms with Crippen molar-refractivity contribution in [3.8, 4) is 18.0 Å². The van der Waals surface area contributed by atoms with Crippen LogP contribution in [0.3, 0.4) is 0 Å². The molecule has 9 nitrogen and oxygen atoms in total. The topological polar surface area (TPSA) is 158 Å². The quantitative estimate of drug-likeness (QED) is 0.357. The number of nitriles is 2. The molecule has 6 N–H and O–H groups in total. The summed E-state index contributed by atoms with van der Waals surface area (Å²) < 4.78 is 6.00. The summed E-state index contributed by atoms with van der Waals surface area (Å²) in [5.74, 6) is 1.31. The van der Waals surface area contributed by atoms with Crippen molar-refractivity contribution in [3.05, 3.63) is 75.8 Å². The maximum absolute atomic E-state index is 9.51. The Hall–Kier alpha value is -4.76. The smallest absolute Gasteiger partial charge is 0.211 e. The van der Waals surface area contributed by atoms with Gasteiger partial charge in [0, 0.05) is 5.56 Å². The van der Waals surface area contributed by atoms with E-state index in [1.807, 2.05) is 68.6 Å². The number of guanidine groups is 1. The Morgan fingerprint density at radius 3 is 2.42 bits per heavy atom. The van der Waals surface area contributed by atoms with Gasteiger partial charge in [0.05, 0.1) is 5.69 Å². The molecule has 0 spiro atoms. The zero-order valence-corrected chi connectivity index (χ0v) is 18.2. The molecule has 1 unspecified atom stereocenters. The highest BCUT2D eigenvalue weighted by molar-refractivity contribution is 5.98. The molecule has 2 heterocycles. The van der Waals surface area contributed by atoms with E-state index in [9.17, 15) is 5.26 Å². The van der Waals surface area contributed by atoms with Gasteiger partial charge in [-0.3, -0.25) is 5.32 Å². The van der Waals surface area contributed by atoms with Crippen LogP contribution in [0.15, 0.2) is 47.5 Å². The first-order valence-corrected chi connectivity index (χ1v) is 10.2. The molecule has 1 aliphatic heterocycles. The van der Waals surface area contributed by atoms with Crippen LogP contribution in [0.4, 0.5) is 17.3 Å². The number of pyridine rings is 1. The summed E-state index contributed by atoms with van der Waals surface area (Å²) >= 11 is 0. The third kappa shape index (κ3) is 4.08. The molecule has 0 saturated heterocycles. The predicted molar refractivity (Wildman–Crippen MR) is 126 cm³/mol. The predicted octanol–water partition coefficient (Wildman–Crippen LogP) is 3.26. The van der Waals surface area contributed by atoms with Gasteiger partial charge >= 0.3 is 0 Å². The van der Waals surface area contributed by atoms with Crippen LogP contribution in [0.1, 0.15) is 39.4 Å². The second-order valence-corrected chi connectivity index (χ2v) is 7.65. The van der Waals surface area contributed by atoms with Crippen LogP contribution in [0.25, 0.3) is 0 Å². The normalized spacial score (nSPS) is 14.2. The van der Waals surface area contributed by atoms with Gasteiger partial charge in [-0.25, -0.2) is 9.98 Å². The minimum atomic E-state index is -0.597. The maximum Gasteiger partial charge on any atom is 0.211 e. The number of nitrogens with two attached hydrogens (primary N) is 2. The Bertz CT molecular complexity index is 1310. The van der Waals surface area contributed by atoms with Gasteiger partial charge in [0.15, 0.2) is 6.19 Å². The summed E-state index contributed by atoms with van der Waals surface area (Å²) in [6.45, 7) is 4.36. The molecule has 0 fully saturated rings. The van der Waals surface area contributed by atoms with Crippen molar-refractivity contribution in [2.24, 2.45) is 4.99 Å². The van der Waals surface area contributed by atoms with Crippen LogP contribution in [-0.2, 0) is 6.61 Å². The van der Waals surface area contributed by atoms with E-state index < -0.39 is 6.04 Å². The van der Waals surface area contributed by atoms with Gasteiger partial charge in [0.1, 0.15) is 41.7 Å². The van der Waals surface area contributed by atoms with Crippen molar-refractivity contribution in [3.63, 3.8) is 0 Å². The van der Waals surface area contributed by atoms with E-state index in [2.05, 4.69) is 20.6 Å². The Morgan fingerprint density at radius 1 is 1.09 bits per heavy atom. The minimum absolute atomic E-state index is 0.0105. The van der Waals surface area contributed by atoms with Crippen LogP contribution in [0.2, 0.25) is 0 Å². The van der Waals surface area contributed by atoms with E-state index in [0.717, 1.165) is 28.0 Å². The lowest BCUT2D eigenvalue weighted by molar-refractivity contribution is 0.305. The standard InChI is InChI=1S/C24H22N8O/c1-13-8-16(33-11-15-6-4-3-5-7-15)9-14(2)18(13)21-19-20(27)17(10-25)22(28)31-23(19)32-24(30-21)29-12-26/h3-9,21H,11H2,1-2H3,(H6,27,28,29,30,31,32). The van der Waals surface area contributed by atoms with Crippen LogP contribution in [-0.4, -0.2) is 10.9 Å². The van der Waals surface area contributed by atoms with E-state index in [1.165, 1.54) is 0 Å². The van der Waals surface area contributed by atoms with Crippen molar-refractivity contribution in [2.75, 3.05) is 16.8 Å². The largest absolute Gasteiger partial charge is 0.489 e. The lowest BCUT2D eigenvalue weighted by Gasteiger charge is -2.28. The lowest BCUT2D eigenvalue weighted by atomic mass is 9.89. The van der Waals surface area contributed by atoms with Gasteiger partial charge < -0.3 is 21.5 Å². The first-order valence-electron chi connectivity index (χ1n) is 10.2. The first kappa shape index (κ1) is 21.5. The van der Waals surface area contributed by atoms with Gasteiger partial charge in [-0.2, -0.15) is 10.5 Å². The van der Waals surface area contributed by atoms with Crippen molar-refractivity contribution in [2.45, 2.75) is 26.5 Å². The van der Waals surface area contributed by atoms with Crippen LogP contribution < -0.4 is 26.8 Å². The molecule has 33 heavy (non-hydrogen) atoms. The summed E-state index contributed by atoms with van der Waals surface area (Å²) in [5.41, 5.74) is 16.9. The fourth-order valence-corrected chi connectivity index (χ4v) is 3.98. The highest BCUT2D eigenvalue weighted by Crippen LogP contribution is 2.43. The van der Waals surface area contributed by atoms with Gasteiger partial charge in [-0.15, -0.1) is 0 Å². The number of aliphatic imine (C=N–C) groups is 1. The number of benzene rings is 2. The molecular formula is C24H22N8O. The number of nitrogen functional groups attached to an aromatic ring is 2. The summed E-state index contributed by atoms with van der Waals surface area (Å²) in [5, 5.41) is 24.1. The number of nitrogens with zero attached hydrogens (tertiary/aromatic N) is 4. The summed E-state index contributed by atoms with van der Waals surface area (Å²) in [7, 11) is 0. The Kier molecular flexibility index (Phi) is 5.71. The Morgan fingerprint density at radius 2 is 1.79 bits per heavy atom. The van der Waals surface area contributed by atoms with Gasteiger partial charge in [0.2, 0.25) is 5.96 Å². The molecule has 3 aromatic rings. The molecule has 0 amide bonds. The first-order chi connectivity index (χ1) is 15.9. The van der Waals surface area contributed by atoms with E-state index in [4.69, 9.17) is 21.5 Å². The molecule has 1 aromatic heterocycles. The van der Waals surface area contributed by atoms with Crippen LogP contribution in [0.5, 0.6) is 5.75 Å². The van der Waals surface area contributed by atoms with Gasteiger partial charge in [-0.05, 0) is 48.2 Å². The Balaban J connectivity index is 1.78. The molecule has 2 aromatic carbocycles. The van der Waals surface area contributed by atoms with Gasteiger partial charge in [0.25, 0.3) is 0 Å². The van der Waals surface area contributed by atoms with Crippen LogP contribution in [0, 0.1) is 36.6 Å². The fourth-order valence-electron chi connectivity index (χ4n) is 3.98. The van der Waals surface area contributed by atoms with E-state index >= 15 is 0 Å². The van der Waals surface area contributed by atoms with E-state index in [1.54, 1.807) is 0 Å². The second-order valence-electron chi connectivity index (χ2n) is 7.65. The monoisotopic (exact) mass is 438 g/mol. The third-order valence-corrected chi connectivity index (χ3v) is 5.45. The third-order valence-electron chi connectivity index (χ3n) is 5.45. The highest BCUT2D eigenvalue weighted by Gasteiger charge is 2.31. The number of rotatable bonds is 4. The van der Waals surface area contributed by atoms with Gasteiger partial charge in [-0.1, -0.05) is 30.3 Å². The highest BCUT2D eigenvalue weighted by atomic mass is 16.5. The molecule has 4 rings (SSSR count). The molecule has 9 heteroatoms. The minimum Gasteiger partial charge on any atom is -0.489 e. The number of anilines is 3.